The highest BCUT2D eigenvalue weighted by Gasteiger charge is 2.31. The van der Waals surface area contributed by atoms with Gasteiger partial charge in [-0.1, -0.05) is 26.0 Å². The average molecular weight is 418 g/mol. The number of nitrogens with zero attached hydrogens (tertiary/aromatic N) is 5. The third-order valence-corrected chi connectivity index (χ3v) is 6.95. The Morgan fingerprint density at radius 2 is 1.59 bits per heavy atom. The highest BCUT2D eigenvalue weighted by atomic mass is 32.2. The van der Waals surface area contributed by atoms with Gasteiger partial charge in [-0.25, -0.2) is 8.42 Å². The highest BCUT2D eigenvalue weighted by Crippen LogP contribution is 2.21. The molecule has 9 heteroatoms. The SMILES string of the molecule is CC(C)c1ccc(S(=O)(=O)N2CCN(C(=O)c3ccc(N(C)C)nn3)CC2)cc1. The first-order valence-electron chi connectivity index (χ1n) is 9.60. The van der Waals surface area contributed by atoms with Crippen molar-refractivity contribution in [1.29, 1.82) is 0 Å². The minimum Gasteiger partial charge on any atom is -0.361 e. The summed E-state index contributed by atoms with van der Waals surface area (Å²) in [6.07, 6.45) is 0. The molecule has 156 valence electrons. The van der Waals surface area contributed by atoms with Crippen LogP contribution in [0.5, 0.6) is 0 Å². The smallest absolute Gasteiger partial charge is 0.274 e. The van der Waals surface area contributed by atoms with Gasteiger partial charge in [-0.2, -0.15) is 4.31 Å². The van der Waals surface area contributed by atoms with Gasteiger partial charge in [0.15, 0.2) is 11.5 Å². The summed E-state index contributed by atoms with van der Waals surface area (Å²) >= 11 is 0. The lowest BCUT2D eigenvalue weighted by molar-refractivity contribution is 0.0691. The van der Waals surface area contributed by atoms with Gasteiger partial charge in [-0.3, -0.25) is 4.79 Å². The molecule has 0 atom stereocenters. The van der Waals surface area contributed by atoms with Gasteiger partial charge in [-0.15, -0.1) is 10.2 Å². The van der Waals surface area contributed by atoms with Crippen molar-refractivity contribution in [3.63, 3.8) is 0 Å². The Labute approximate surface area is 172 Å². The predicted octanol–water partition coefficient (Wildman–Crippen LogP) is 1.81. The zero-order valence-electron chi connectivity index (χ0n) is 17.2. The number of hydrogen-bond acceptors (Lipinski definition) is 6. The van der Waals surface area contributed by atoms with Gasteiger partial charge in [0.1, 0.15) is 0 Å². The number of rotatable bonds is 5. The summed E-state index contributed by atoms with van der Waals surface area (Å²) in [6, 6.07) is 10.4. The van der Waals surface area contributed by atoms with E-state index < -0.39 is 10.0 Å². The Morgan fingerprint density at radius 1 is 0.966 bits per heavy atom. The number of piperazine rings is 1. The predicted molar refractivity (Wildman–Crippen MR) is 112 cm³/mol. The number of benzene rings is 1. The molecule has 0 saturated carbocycles. The molecule has 1 aromatic heterocycles. The van der Waals surface area contributed by atoms with Gasteiger partial charge in [0, 0.05) is 40.3 Å². The number of hydrogen-bond donors (Lipinski definition) is 0. The molecule has 0 aliphatic carbocycles. The van der Waals surface area contributed by atoms with Crippen LogP contribution in [0.15, 0.2) is 41.3 Å². The monoisotopic (exact) mass is 417 g/mol. The molecule has 8 nitrogen and oxygen atoms in total. The number of anilines is 1. The lowest BCUT2D eigenvalue weighted by Crippen LogP contribution is -2.50. The Balaban J connectivity index is 1.65. The fraction of sp³-hybridized carbons (Fsp3) is 0.450. The Hall–Kier alpha value is -2.52. The van der Waals surface area contributed by atoms with E-state index in [1.54, 1.807) is 34.1 Å². The topological polar surface area (TPSA) is 86.7 Å². The Bertz CT molecular complexity index is 949. The molecule has 1 fully saturated rings. The first-order chi connectivity index (χ1) is 13.7. The first-order valence-corrected chi connectivity index (χ1v) is 11.0. The molecule has 0 radical (unpaired) electrons. The Morgan fingerprint density at radius 3 is 2.07 bits per heavy atom. The molecule has 29 heavy (non-hydrogen) atoms. The average Bonchev–Trinajstić information content (AvgIpc) is 2.73. The molecule has 1 saturated heterocycles. The van der Waals surface area contributed by atoms with E-state index in [1.807, 2.05) is 26.2 Å². The van der Waals surface area contributed by atoms with E-state index in [0.29, 0.717) is 24.8 Å². The van der Waals surface area contributed by atoms with Crippen molar-refractivity contribution in [3.05, 3.63) is 47.7 Å². The van der Waals surface area contributed by atoms with Gasteiger partial charge >= 0.3 is 0 Å². The van der Waals surface area contributed by atoms with Gasteiger partial charge in [0.05, 0.1) is 4.90 Å². The minimum absolute atomic E-state index is 0.235. The van der Waals surface area contributed by atoms with E-state index in [4.69, 9.17) is 0 Å². The van der Waals surface area contributed by atoms with Crippen molar-refractivity contribution in [2.24, 2.45) is 0 Å². The summed E-state index contributed by atoms with van der Waals surface area (Å²) in [5.41, 5.74) is 1.36. The van der Waals surface area contributed by atoms with E-state index in [2.05, 4.69) is 24.0 Å². The van der Waals surface area contributed by atoms with Gasteiger partial charge in [-0.05, 0) is 35.7 Å². The molecule has 1 aromatic carbocycles. The molecule has 1 aliphatic heterocycles. The summed E-state index contributed by atoms with van der Waals surface area (Å²) in [4.78, 5) is 16.4. The first kappa shape index (κ1) is 21.2. The van der Waals surface area contributed by atoms with Crippen molar-refractivity contribution in [2.75, 3.05) is 45.2 Å². The van der Waals surface area contributed by atoms with E-state index >= 15 is 0 Å². The molecule has 2 heterocycles. The van der Waals surface area contributed by atoms with Crippen molar-refractivity contribution in [2.45, 2.75) is 24.7 Å². The normalized spacial score (nSPS) is 15.6. The molecule has 0 spiro atoms. The van der Waals surface area contributed by atoms with Crippen molar-refractivity contribution in [1.82, 2.24) is 19.4 Å². The second kappa shape index (κ2) is 8.46. The third-order valence-electron chi connectivity index (χ3n) is 5.04. The van der Waals surface area contributed by atoms with Crippen molar-refractivity contribution in [3.8, 4) is 0 Å². The molecule has 3 rings (SSSR count). The van der Waals surface area contributed by atoms with Crippen LogP contribution in [0.1, 0.15) is 35.8 Å². The highest BCUT2D eigenvalue weighted by molar-refractivity contribution is 7.89. The van der Waals surface area contributed by atoms with Crippen LogP contribution in [0, 0.1) is 0 Å². The van der Waals surface area contributed by atoms with Crippen molar-refractivity contribution >= 4 is 21.7 Å². The van der Waals surface area contributed by atoms with Crippen LogP contribution in [-0.2, 0) is 10.0 Å². The van der Waals surface area contributed by atoms with Crippen LogP contribution in [-0.4, -0.2) is 74.0 Å². The number of carbonyl (C=O) groups excluding carboxylic acids is 1. The van der Waals surface area contributed by atoms with Gasteiger partial charge < -0.3 is 9.80 Å². The maximum Gasteiger partial charge on any atom is 0.274 e. The van der Waals surface area contributed by atoms with Crippen LogP contribution in [0.3, 0.4) is 0 Å². The van der Waals surface area contributed by atoms with Gasteiger partial charge in [0.25, 0.3) is 5.91 Å². The van der Waals surface area contributed by atoms with Crippen LogP contribution < -0.4 is 4.90 Å². The van der Waals surface area contributed by atoms with Gasteiger partial charge in [0.2, 0.25) is 10.0 Å². The van der Waals surface area contributed by atoms with Crippen molar-refractivity contribution < 1.29 is 13.2 Å². The third kappa shape index (κ3) is 4.56. The number of amides is 1. The molecule has 1 amide bonds. The zero-order valence-corrected chi connectivity index (χ0v) is 18.1. The summed E-state index contributed by atoms with van der Waals surface area (Å²) in [6.45, 7) is 5.28. The van der Waals surface area contributed by atoms with Crippen LogP contribution >= 0.6 is 0 Å². The Kier molecular flexibility index (Phi) is 6.18. The second-order valence-electron chi connectivity index (χ2n) is 7.59. The summed E-state index contributed by atoms with van der Waals surface area (Å²) in [7, 11) is 0.126. The molecule has 2 aromatic rings. The fourth-order valence-corrected chi connectivity index (χ4v) is 4.57. The van der Waals surface area contributed by atoms with Crippen LogP contribution in [0.4, 0.5) is 5.82 Å². The number of aromatic nitrogens is 2. The number of carbonyl (C=O) groups is 1. The summed E-state index contributed by atoms with van der Waals surface area (Å²) < 4.78 is 27.3. The zero-order chi connectivity index (χ0) is 21.2. The molecular formula is C20H27N5O3S. The van der Waals surface area contributed by atoms with Crippen LogP contribution in [0.25, 0.3) is 0 Å². The molecule has 0 bridgehead atoms. The molecule has 1 aliphatic rings. The molecular weight excluding hydrogens is 390 g/mol. The number of sulfonamides is 1. The maximum absolute atomic E-state index is 12.9. The summed E-state index contributed by atoms with van der Waals surface area (Å²) in [5, 5.41) is 8.03. The maximum atomic E-state index is 12.9. The lowest BCUT2D eigenvalue weighted by Gasteiger charge is -2.33. The van der Waals surface area contributed by atoms with Crippen LogP contribution in [0.2, 0.25) is 0 Å². The largest absolute Gasteiger partial charge is 0.361 e. The summed E-state index contributed by atoms with van der Waals surface area (Å²) in [5.74, 6) is 0.776. The van der Waals surface area contributed by atoms with E-state index in [1.165, 1.54) is 4.31 Å². The quantitative estimate of drug-likeness (QED) is 0.738. The molecule has 0 unspecified atom stereocenters. The lowest BCUT2D eigenvalue weighted by atomic mass is 10.0. The van der Waals surface area contributed by atoms with E-state index in [-0.39, 0.29) is 29.6 Å². The standard InChI is InChI=1S/C20H27N5O3S/c1-15(2)16-5-7-17(8-6-16)29(27,28)25-13-11-24(12-14-25)20(26)18-9-10-19(22-21-18)23(3)4/h5-10,15H,11-14H2,1-4H3. The minimum atomic E-state index is -3.57. The van der Waals surface area contributed by atoms with E-state index in [9.17, 15) is 13.2 Å². The second-order valence-corrected chi connectivity index (χ2v) is 9.53. The fourth-order valence-electron chi connectivity index (χ4n) is 3.15. The van der Waals surface area contributed by atoms with E-state index in [0.717, 1.165) is 5.56 Å². The molecule has 0 N–H and O–H groups in total.